The van der Waals surface area contributed by atoms with Crippen molar-refractivity contribution >= 4 is 34.8 Å². The van der Waals surface area contributed by atoms with Gasteiger partial charge >= 0.3 is 0 Å². The number of rotatable bonds is 5. The van der Waals surface area contributed by atoms with Gasteiger partial charge in [0.05, 0.1) is 22.6 Å². The lowest BCUT2D eigenvalue weighted by molar-refractivity contribution is -0.123. The fraction of sp³-hybridized carbons (Fsp3) is 0.350. The summed E-state index contributed by atoms with van der Waals surface area (Å²) in [6.07, 6.45) is 0. The van der Waals surface area contributed by atoms with Crippen molar-refractivity contribution in [2.45, 2.75) is 13.0 Å². The average molecular weight is 408 g/mol. The van der Waals surface area contributed by atoms with E-state index in [1.165, 1.54) is 0 Å². The van der Waals surface area contributed by atoms with E-state index < -0.39 is 0 Å². The predicted octanol–water partition coefficient (Wildman–Crippen LogP) is 3.70. The van der Waals surface area contributed by atoms with Crippen LogP contribution in [0.15, 0.2) is 42.5 Å². The molecule has 5 nitrogen and oxygen atoms in total. The Morgan fingerprint density at radius 1 is 1.07 bits per heavy atom. The van der Waals surface area contributed by atoms with Crippen LogP contribution in [0.1, 0.15) is 18.5 Å². The molecule has 0 radical (unpaired) electrons. The molecule has 0 unspecified atom stereocenters. The smallest absolute Gasteiger partial charge is 0.234 e. The third kappa shape index (κ3) is 5.28. The molecule has 1 aliphatic heterocycles. The Labute approximate surface area is 169 Å². The number of phenols is 1. The largest absolute Gasteiger partial charge is 0.508 e. The zero-order chi connectivity index (χ0) is 19.4. The first-order valence-corrected chi connectivity index (χ1v) is 9.68. The fourth-order valence-electron chi connectivity index (χ4n) is 3.18. The minimum absolute atomic E-state index is 0.00773. The van der Waals surface area contributed by atoms with Gasteiger partial charge in [0.1, 0.15) is 5.75 Å². The Hall–Kier alpha value is -1.95. The molecule has 7 heteroatoms. The number of nitrogens with one attached hydrogen (secondary N) is 1. The molecule has 1 fully saturated rings. The molecule has 0 spiro atoms. The molecular formula is C20H23Cl2N3O2. The number of anilines is 1. The van der Waals surface area contributed by atoms with E-state index in [1.807, 2.05) is 25.1 Å². The van der Waals surface area contributed by atoms with E-state index in [4.69, 9.17) is 23.2 Å². The van der Waals surface area contributed by atoms with E-state index in [-0.39, 0.29) is 17.7 Å². The molecule has 144 valence electrons. The van der Waals surface area contributed by atoms with Crippen molar-refractivity contribution in [2.75, 3.05) is 37.6 Å². The zero-order valence-electron chi connectivity index (χ0n) is 15.2. The van der Waals surface area contributed by atoms with Crippen molar-refractivity contribution in [1.29, 1.82) is 0 Å². The van der Waals surface area contributed by atoms with Gasteiger partial charge in [-0.1, -0.05) is 29.3 Å². The third-order valence-corrected chi connectivity index (χ3v) is 5.51. The van der Waals surface area contributed by atoms with Crippen molar-refractivity contribution in [1.82, 2.24) is 10.2 Å². The highest BCUT2D eigenvalue weighted by Gasteiger charge is 2.20. The molecule has 2 aromatic carbocycles. The van der Waals surface area contributed by atoms with E-state index in [0.717, 1.165) is 37.4 Å². The number of amides is 1. The van der Waals surface area contributed by atoms with E-state index >= 15 is 0 Å². The maximum atomic E-state index is 12.4. The summed E-state index contributed by atoms with van der Waals surface area (Å²) in [6, 6.07) is 12.5. The lowest BCUT2D eigenvalue weighted by Gasteiger charge is -2.35. The molecule has 0 aromatic heterocycles. The number of piperazine rings is 1. The second-order valence-corrected chi connectivity index (χ2v) is 7.56. The highest BCUT2D eigenvalue weighted by molar-refractivity contribution is 6.42. The van der Waals surface area contributed by atoms with Crippen molar-refractivity contribution in [3.05, 3.63) is 58.1 Å². The van der Waals surface area contributed by atoms with Crippen LogP contribution in [0.2, 0.25) is 10.0 Å². The van der Waals surface area contributed by atoms with Crippen LogP contribution in [0.5, 0.6) is 5.75 Å². The van der Waals surface area contributed by atoms with Gasteiger partial charge in [0, 0.05) is 31.9 Å². The Balaban J connectivity index is 1.47. The SMILES string of the molecule is C[C@@H](NC(=O)CN1CCN(c2ccc(O)cc2)CC1)c1ccc(Cl)c(Cl)c1. The fourth-order valence-corrected chi connectivity index (χ4v) is 3.49. The first-order chi connectivity index (χ1) is 12.9. The number of benzene rings is 2. The van der Waals surface area contributed by atoms with Gasteiger partial charge in [0.15, 0.2) is 0 Å². The maximum absolute atomic E-state index is 12.4. The van der Waals surface area contributed by atoms with Crippen LogP contribution < -0.4 is 10.2 Å². The first-order valence-electron chi connectivity index (χ1n) is 8.93. The summed E-state index contributed by atoms with van der Waals surface area (Å²) in [7, 11) is 0. The molecule has 1 amide bonds. The number of hydrogen-bond donors (Lipinski definition) is 2. The van der Waals surface area contributed by atoms with Crippen molar-refractivity contribution < 1.29 is 9.90 Å². The maximum Gasteiger partial charge on any atom is 0.234 e. The number of carbonyl (C=O) groups excluding carboxylic acids is 1. The van der Waals surface area contributed by atoms with Crippen molar-refractivity contribution in [3.8, 4) is 5.75 Å². The molecule has 1 aliphatic rings. The van der Waals surface area contributed by atoms with Gasteiger partial charge < -0.3 is 15.3 Å². The molecular weight excluding hydrogens is 385 g/mol. The van der Waals surface area contributed by atoms with E-state index in [2.05, 4.69) is 15.1 Å². The number of carbonyl (C=O) groups is 1. The molecule has 1 saturated heterocycles. The molecule has 0 aliphatic carbocycles. The number of phenolic OH excluding ortho intramolecular Hbond substituents is 1. The van der Waals surface area contributed by atoms with E-state index in [0.29, 0.717) is 16.6 Å². The van der Waals surface area contributed by atoms with E-state index in [1.54, 1.807) is 24.3 Å². The van der Waals surface area contributed by atoms with Gasteiger partial charge in [-0.05, 0) is 48.9 Å². The van der Waals surface area contributed by atoms with Crippen LogP contribution in [0.3, 0.4) is 0 Å². The van der Waals surface area contributed by atoms with Crippen LogP contribution in [0, 0.1) is 0 Å². The van der Waals surface area contributed by atoms with Crippen LogP contribution in [-0.4, -0.2) is 48.6 Å². The second-order valence-electron chi connectivity index (χ2n) is 6.74. The number of nitrogens with zero attached hydrogens (tertiary/aromatic N) is 2. The summed E-state index contributed by atoms with van der Waals surface area (Å²) in [4.78, 5) is 16.8. The molecule has 2 aromatic rings. The molecule has 0 saturated carbocycles. The first kappa shape index (κ1) is 19.8. The van der Waals surface area contributed by atoms with Gasteiger partial charge in [0.2, 0.25) is 5.91 Å². The van der Waals surface area contributed by atoms with E-state index in [9.17, 15) is 9.90 Å². The van der Waals surface area contributed by atoms with Gasteiger partial charge in [-0.15, -0.1) is 0 Å². The predicted molar refractivity (Wildman–Crippen MR) is 110 cm³/mol. The van der Waals surface area contributed by atoms with Crippen LogP contribution >= 0.6 is 23.2 Å². The Bertz CT molecular complexity index is 790. The minimum atomic E-state index is -0.134. The summed E-state index contributed by atoms with van der Waals surface area (Å²) < 4.78 is 0. The minimum Gasteiger partial charge on any atom is -0.508 e. The zero-order valence-corrected chi connectivity index (χ0v) is 16.7. The summed E-state index contributed by atoms with van der Waals surface area (Å²) in [5, 5.41) is 13.4. The van der Waals surface area contributed by atoms with Gasteiger partial charge in [0.25, 0.3) is 0 Å². The lowest BCUT2D eigenvalue weighted by Crippen LogP contribution is -2.49. The van der Waals surface area contributed by atoms with Crippen molar-refractivity contribution in [3.63, 3.8) is 0 Å². The topological polar surface area (TPSA) is 55.8 Å². The Morgan fingerprint density at radius 3 is 2.37 bits per heavy atom. The quantitative estimate of drug-likeness (QED) is 0.793. The number of aromatic hydroxyl groups is 1. The summed E-state index contributed by atoms with van der Waals surface area (Å²) in [5.41, 5.74) is 2.01. The van der Waals surface area contributed by atoms with Crippen LogP contribution in [0.25, 0.3) is 0 Å². The Morgan fingerprint density at radius 2 is 1.74 bits per heavy atom. The molecule has 1 heterocycles. The van der Waals surface area contributed by atoms with Gasteiger partial charge in [-0.2, -0.15) is 0 Å². The van der Waals surface area contributed by atoms with Crippen LogP contribution in [0.4, 0.5) is 5.69 Å². The molecule has 27 heavy (non-hydrogen) atoms. The Kier molecular flexibility index (Phi) is 6.47. The summed E-state index contributed by atoms with van der Waals surface area (Å²) in [6.45, 7) is 5.63. The lowest BCUT2D eigenvalue weighted by atomic mass is 10.1. The van der Waals surface area contributed by atoms with Crippen molar-refractivity contribution in [2.24, 2.45) is 0 Å². The summed E-state index contributed by atoms with van der Waals surface area (Å²) in [5.74, 6) is 0.261. The van der Waals surface area contributed by atoms with Gasteiger partial charge in [-0.25, -0.2) is 0 Å². The standard InChI is InChI=1S/C20H23Cl2N3O2/c1-14(15-2-7-18(21)19(22)12-15)23-20(27)13-24-8-10-25(11-9-24)16-3-5-17(26)6-4-16/h2-7,12,14,26H,8-11,13H2,1H3,(H,23,27)/t14-/m1/s1. The molecule has 0 bridgehead atoms. The average Bonchev–Trinajstić information content (AvgIpc) is 2.65. The number of hydrogen-bond acceptors (Lipinski definition) is 4. The normalized spacial score (nSPS) is 16.2. The highest BCUT2D eigenvalue weighted by atomic mass is 35.5. The van der Waals surface area contributed by atoms with Gasteiger partial charge in [-0.3, -0.25) is 9.69 Å². The molecule has 1 atom stereocenters. The third-order valence-electron chi connectivity index (χ3n) is 4.78. The molecule has 2 N–H and O–H groups in total. The summed E-state index contributed by atoms with van der Waals surface area (Å²) >= 11 is 12.0. The monoisotopic (exact) mass is 407 g/mol. The highest BCUT2D eigenvalue weighted by Crippen LogP contribution is 2.25. The second kappa shape index (κ2) is 8.83. The number of halogens is 2. The van der Waals surface area contributed by atoms with Crippen LogP contribution in [-0.2, 0) is 4.79 Å². The molecule has 3 rings (SSSR count).